The summed E-state index contributed by atoms with van der Waals surface area (Å²) in [6, 6.07) is 0. The molecule has 0 radical (unpaired) electrons. The molecule has 1 saturated heterocycles. The molecule has 3 heterocycles. The van der Waals surface area contributed by atoms with Gasteiger partial charge in [-0.1, -0.05) is 13.8 Å². The Labute approximate surface area is 141 Å². The van der Waals surface area contributed by atoms with Gasteiger partial charge in [0, 0.05) is 61.9 Å². The second-order valence-corrected chi connectivity index (χ2v) is 7.31. The van der Waals surface area contributed by atoms with Crippen molar-refractivity contribution in [2.24, 2.45) is 0 Å². The molecule has 0 spiro atoms. The lowest BCUT2D eigenvalue weighted by molar-refractivity contribution is -0.133. The maximum atomic E-state index is 12.5. The molecular formula is C17H24N4OS. The normalized spacial score (nSPS) is 17.4. The molecule has 0 aliphatic carbocycles. The van der Waals surface area contributed by atoms with E-state index >= 15 is 0 Å². The maximum Gasteiger partial charge on any atom is 0.224 e. The Bertz CT molecular complexity index is 641. The number of aryl methyl sites for hydroxylation is 2. The van der Waals surface area contributed by atoms with Crippen molar-refractivity contribution in [2.45, 2.75) is 51.5 Å². The van der Waals surface area contributed by atoms with Gasteiger partial charge in [-0.15, -0.1) is 11.3 Å². The Morgan fingerprint density at radius 3 is 2.74 bits per heavy atom. The largest absolute Gasteiger partial charge is 0.343 e. The minimum absolute atomic E-state index is 0.130. The fourth-order valence-corrected chi connectivity index (χ4v) is 4.08. The average Bonchev–Trinajstić information content (AvgIpc) is 3.24. The highest BCUT2D eigenvalue weighted by Gasteiger charge is 2.35. The van der Waals surface area contributed by atoms with Gasteiger partial charge in [0.1, 0.15) is 5.82 Å². The first-order valence-corrected chi connectivity index (χ1v) is 9.18. The number of nitrogens with zero attached hydrogens (tertiary/aromatic N) is 4. The van der Waals surface area contributed by atoms with E-state index in [9.17, 15) is 4.79 Å². The molecule has 1 amide bonds. The van der Waals surface area contributed by atoms with Gasteiger partial charge in [0.15, 0.2) is 0 Å². The fraction of sp³-hybridized carbons (Fsp3) is 0.588. The second kappa shape index (κ2) is 6.83. The number of rotatable bonds is 5. The minimum atomic E-state index is 0.130. The van der Waals surface area contributed by atoms with Gasteiger partial charge in [-0.05, 0) is 12.8 Å². The van der Waals surface area contributed by atoms with E-state index in [0.717, 1.165) is 44.7 Å². The Morgan fingerprint density at radius 1 is 1.30 bits per heavy atom. The summed E-state index contributed by atoms with van der Waals surface area (Å²) < 4.78 is 2.08. The maximum absolute atomic E-state index is 12.5. The zero-order valence-corrected chi connectivity index (χ0v) is 14.7. The monoisotopic (exact) mass is 332 g/mol. The molecule has 0 N–H and O–H groups in total. The Hall–Kier alpha value is -1.69. The highest BCUT2D eigenvalue weighted by atomic mass is 32.1. The van der Waals surface area contributed by atoms with Crippen molar-refractivity contribution in [1.29, 1.82) is 0 Å². The third kappa shape index (κ3) is 3.47. The number of carbonyl (C=O) groups excluding carboxylic acids is 1. The van der Waals surface area contributed by atoms with Crippen LogP contribution in [0.2, 0.25) is 0 Å². The van der Waals surface area contributed by atoms with Crippen molar-refractivity contribution in [3.05, 3.63) is 34.8 Å². The smallest absolute Gasteiger partial charge is 0.224 e. The molecule has 2 aromatic rings. The Kier molecular flexibility index (Phi) is 4.80. The van der Waals surface area contributed by atoms with Gasteiger partial charge in [0.05, 0.1) is 5.01 Å². The molecule has 0 bridgehead atoms. The van der Waals surface area contributed by atoms with E-state index in [2.05, 4.69) is 28.4 Å². The molecule has 1 fully saturated rings. The van der Waals surface area contributed by atoms with Crippen LogP contribution in [0.3, 0.4) is 0 Å². The first kappa shape index (κ1) is 16.2. The van der Waals surface area contributed by atoms with Crippen molar-refractivity contribution >= 4 is 17.2 Å². The van der Waals surface area contributed by atoms with Crippen LogP contribution >= 0.6 is 11.3 Å². The molecule has 23 heavy (non-hydrogen) atoms. The van der Waals surface area contributed by atoms with Crippen LogP contribution in [0.5, 0.6) is 0 Å². The van der Waals surface area contributed by atoms with E-state index in [-0.39, 0.29) is 11.3 Å². The topological polar surface area (TPSA) is 51.0 Å². The number of likely N-dealkylation sites (tertiary alicyclic amines) is 1. The molecule has 1 aliphatic rings. The SMILES string of the molecule is CCc1nccn1CCC(=O)N1CCC(C)(c2nccs2)CC1. The van der Waals surface area contributed by atoms with Gasteiger partial charge in [-0.3, -0.25) is 4.79 Å². The number of thiazole rings is 1. The number of aromatic nitrogens is 3. The summed E-state index contributed by atoms with van der Waals surface area (Å²) in [7, 11) is 0. The molecule has 1 aliphatic heterocycles. The number of amides is 1. The minimum Gasteiger partial charge on any atom is -0.343 e. The zero-order valence-electron chi connectivity index (χ0n) is 13.9. The molecule has 3 rings (SSSR count). The standard InChI is InChI=1S/C17H24N4OS/c1-3-14-18-7-12-20(14)9-4-15(22)21-10-5-17(2,6-11-21)16-19-8-13-23-16/h7-8,12-13H,3-6,9-11H2,1-2H3. The number of hydrogen-bond acceptors (Lipinski definition) is 4. The molecular weight excluding hydrogens is 308 g/mol. The number of piperidine rings is 1. The number of imidazole rings is 1. The van der Waals surface area contributed by atoms with Gasteiger partial charge in [-0.25, -0.2) is 9.97 Å². The fourth-order valence-electron chi connectivity index (χ4n) is 3.22. The van der Waals surface area contributed by atoms with Crippen molar-refractivity contribution in [3.8, 4) is 0 Å². The molecule has 5 nitrogen and oxygen atoms in total. The van der Waals surface area contributed by atoms with E-state index in [0.29, 0.717) is 6.42 Å². The summed E-state index contributed by atoms with van der Waals surface area (Å²) in [6.07, 6.45) is 9.09. The predicted octanol–water partition coefficient (Wildman–Crippen LogP) is 2.87. The van der Waals surface area contributed by atoms with Crippen molar-refractivity contribution in [1.82, 2.24) is 19.4 Å². The van der Waals surface area contributed by atoms with Crippen molar-refractivity contribution < 1.29 is 4.79 Å². The number of carbonyl (C=O) groups is 1. The molecule has 2 aromatic heterocycles. The Balaban J connectivity index is 1.52. The van der Waals surface area contributed by atoms with Crippen LogP contribution in [0.1, 0.15) is 43.9 Å². The molecule has 6 heteroatoms. The lowest BCUT2D eigenvalue weighted by Crippen LogP contribution is -2.44. The van der Waals surface area contributed by atoms with Crippen LogP contribution < -0.4 is 0 Å². The predicted molar refractivity (Wildman–Crippen MR) is 91.5 cm³/mol. The van der Waals surface area contributed by atoms with E-state index in [1.165, 1.54) is 5.01 Å². The van der Waals surface area contributed by atoms with Gasteiger partial charge in [-0.2, -0.15) is 0 Å². The van der Waals surface area contributed by atoms with Gasteiger partial charge in [0.2, 0.25) is 5.91 Å². The van der Waals surface area contributed by atoms with Crippen LogP contribution in [0, 0.1) is 0 Å². The van der Waals surface area contributed by atoms with Crippen LogP contribution in [0.25, 0.3) is 0 Å². The van der Waals surface area contributed by atoms with E-state index < -0.39 is 0 Å². The molecule has 0 atom stereocenters. The summed E-state index contributed by atoms with van der Waals surface area (Å²) in [4.78, 5) is 23.3. The average molecular weight is 332 g/mol. The third-order valence-electron chi connectivity index (χ3n) is 4.85. The van der Waals surface area contributed by atoms with Crippen molar-refractivity contribution in [3.63, 3.8) is 0 Å². The van der Waals surface area contributed by atoms with Crippen LogP contribution in [-0.2, 0) is 23.2 Å². The molecule has 0 saturated carbocycles. The van der Waals surface area contributed by atoms with E-state index in [1.807, 2.05) is 28.9 Å². The first-order valence-electron chi connectivity index (χ1n) is 8.30. The van der Waals surface area contributed by atoms with Gasteiger partial charge >= 0.3 is 0 Å². The summed E-state index contributed by atoms with van der Waals surface area (Å²) >= 11 is 1.73. The lowest BCUT2D eigenvalue weighted by Gasteiger charge is -2.38. The van der Waals surface area contributed by atoms with E-state index in [4.69, 9.17) is 0 Å². The summed E-state index contributed by atoms with van der Waals surface area (Å²) in [5.74, 6) is 1.30. The van der Waals surface area contributed by atoms with Gasteiger partial charge in [0.25, 0.3) is 0 Å². The summed E-state index contributed by atoms with van der Waals surface area (Å²) in [5, 5.41) is 3.24. The van der Waals surface area contributed by atoms with Gasteiger partial charge < -0.3 is 9.47 Å². The molecule has 124 valence electrons. The highest BCUT2D eigenvalue weighted by Crippen LogP contribution is 2.36. The quantitative estimate of drug-likeness (QED) is 0.846. The second-order valence-electron chi connectivity index (χ2n) is 6.42. The van der Waals surface area contributed by atoms with Crippen molar-refractivity contribution in [2.75, 3.05) is 13.1 Å². The third-order valence-corrected chi connectivity index (χ3v) is 5.93. The Morgan fingerprint density at radius 2 is 2.09 bits per heavy atom. The van der Waals surface area contributed by atoms with Crippen LogP contribution in [-0.4, -0.2) is 38.4 Å². The zero-order chi connectivity index (χ0) is 16.3. The number of hydrogen-bond donors (Lipinski definition) is 0. The van der Waals surface area contributed by atoms with Crippen LogP contribution in [0.4, 0.5) is 0 Å². The van der Waals surface area contributed by atoms with Crippen LogP contribution in [0.15, 0.2) is 24.0 Å². The van der Waals surface area contributed by atoms with E-state index in [1.54, 1.807) is 11.3 Å². The lowest BCUT2D eigenvalue weighted by atomic mass is 9.81. The highest BCUT2D eigenvalue weighted by molar-refractivity contribution is 7.09. The molecule has 0 aromatic carbocycles. The first-order chi connectivity index (χ1) is 11.1. The molecule has 0 unspecified atom stereocenters. The summed E-state index contributed by atoms with van der Waals surface area (Å²) in [6.45, 7) is 6.75. The summed E-state index contributed by atoms with van der Waals surface area (Å²) in [5.41, 5.74) is 0.130.